The van der Waals surface area contributed by atoms with Crippen LogP contribution in [0.3, 0.4) is 0 Å². The number of thiazole rings is 2. The molecule has 1 aliphatic heterocycles. The number of halogens is 2. The van der Waals surface area contributed by atoms with Crippen LogP contribution in [0.15, 0.2) is 40.9 Å². The number of fused-ring (bicyclic) bond motifs is 2. The molecule has 1 fully saturated rings. The molecule has 0 amide bonds. The van der Waals surface area contributed by atoms with Crippen molar-refractivity contribution < 1.29 is 4.39 Å². The van der Waals surface area contributed by atoms with Crippen LogP contribution in [0.4, 0.5) is 14.7 Å². The largest absolute Gasteiger partial charge is 0.345 e. The van der Waals surface area contributed by atoms with Gasteiger partial charge in [-0.05, 0) is 36.4 Å². The average Bonchev–Trinajstić information content (AvgIpc) is 3.25. The molecule has 1 saturated heterocycles. The molecular weight excluding hydrogens is 435 g/mol. The summed E-state index contributed by atoms with van der Waals surface area (Å²) in [6, 6.07) is 11.0. The van der Waals surface area contributed by atoms with Gasteiger partial charge < -0.3 is 9.80 Å². The molecule has 0 unspecified atom stereocenters. The molecule has 0 N–H and O–H groups in total. The monoisotopic (exact) mass is 448 g/mol. The van der Waals surface area contributed by atoms with Gasteiger partial charge >= 0.3 is 0 Å². The third kappa shape index (κ3) is 2.95. The Bertz CT molecular complexity index is 1010. The molecule has 4 nitrogen and oxygen atoms in total. The molecule has 0 spiro atoms. The van der Waals surface area contributed by atoms with Crippen molar-refractivity contribution in [1.82, 2.24) is 9.97 Å². The Morgan fingerprint density at radius 1 is 0.808 bits per heavy atom. The Kier molecular flexibility index (Phi) is 4.06. The molecule has 8 heteroatoms. The minimum absolute atomic E-state index is 0.208. The zero-order valence-electron chi connectivity index (χ0n) is 13.7. The van der Waals surface area contributed by atoms with E-state index in [0.29, 0.717) is 0 Å². The van der Waals surface area contributed by atoms with Gasteiger partial charge in [-0.3, -0.25) is 0 Å². The molecule has 0 radical (unpaired) electrons. The summed E-state index contributed by atoms with van der Waals surface area (Å²) < 4.78 is 16.6. The summed E-state index contributed by atoms with van der Waals surface area (Å²) in [6.07, 6.45) is 0. The van der Waals surface area contributed by atoms with Crippen molar-refractivity contribution in [2.24, 2.45) is 0 Å². The highest BCUT2D eigenvalue weighted by atomic mass is 79.9. The highest BCUT2D eigenvalue weighted by Gasteiger charge is 2.22. The van der Waals surface area contributed by atoms with E-state index in [4.69, 9.17) is 4.98 Å². The van der Waals surface area contributed by atoms with Crippen molar-refractivity contribution >= 4 is 69.3 Å². The summed E-state index contributed by atoms with van der Waals surface area (Å²) >= 11 is 6.81. The van der Waals surface area contributed by atoms with Gasteiger partial charge in [-0.2, -0.15) is 0 Å². The molecule has 3 heterocycles. The van der Waals surface area contributed by atoms with Crippen LogP contribution in [0, 0.1) is 5.82 Å². The summed E-state index contributed by atoms with van der Waals surface area (Å²) in [7, 11) is 0. The zero-order chi connectivity index (χ0) is 17.7. The summed E-state index contributed by atoms with van der Waals surface area (Å²) in [6.45, 7) is 3.60. The smallest absolute Gasteiger partial charge is 0.186 e. The maximum atomic E-state index is 13.4. The lowest BCUT2D eigenvalue weighted by molar-refractivity contribution is 0.630. The Morgan fingerprint density at radius 2 is 1.35 bits per heavy atom. The summed E-state index contributed by atoms with van der Waals surface area (Å²) in [5, 5.41) is 2.04. The van der Waals surface area contributed by atoms with E-state index in [0.717, 1.165) is 56.6 Å². The first-order chi connectivity index (χ1) is 12.7. The highest BCUT2D eigenvalue weighted by molar-refractivity contribution is 9.10. The second-order valence-corrected chi connectivity index (χ2v) is 9.12. The van der Waals surface area contributed by atoms with Crippen LogP contribution in [0.25, 0.3) is 20.4 Å². The van der Waals surface area contributed by atoms with Gasteiger partial charge in [0.05, 0.1) is 20.4 Å². The highest BCUT2D eigenvalue weighted by Crippen LogP contribution is 2.33. The van der Waals surface area contributed by atoms with E-state index in [1.165, 1.54) is 10.8 Å². The Hall–Kier alpha value is -1.77. The Labute approximate surface area is 166 Å². The van der Waals surface area contributed by atoms with E-state index in [2.05, 4.69) is 42.8 Å². The molecule has 4 aromatic rings. The first-order valence-corrected chi connectivity index (χ1v) is 10.7. The van der Waals surface area contributed by atoms with Crippen LogP contribution in [0.1, 0.15) is 0 Å². The van der Waals surface area contributed by atoms with Gasteiger partial charge in [0, 0.05) is 30.7 Å². The molecule has 5 rings (SSSR count). The number of rotatable bonds is 2. The standard InChI is InChI=1S/C18H14BrFN4S2/c19-11-1-3-13-15(9-11)25-17(21-13)23-5-7-24(8-6-23)18-22-14-4-2-12(20)10-16(14)26-18/h1-4,9-10H,5-8H2. The number of nitrogens with zero attached hydrogens (tertiary/aromatic N) is 4. The number of piperazine rings is 1. The molecule has 0 saturated carbocycles. The topological polar surface area (TPSA) is 32.3 Å². The van der Waals surface area contributed by atoms with Crippen molar-refractivity contribution in [3.05, 3.63) is 46.7 Å². The fourth-order valence-electron chi connectivity index (χ4n) is 3.13. The number of anilines is 2. The normalized spacial score (nSPS) is 15.3. The van der Waals surface area contributed by atoms with Crippen molar-refractivity contribution in [2.45, 2.75) is 0 Å². The molecule has 2 aromatic carbocycles. The van der Waals surface area contributed by atoms with Gasteiger partial charge in [-0.15, -0.1) is 0 Å². The molecule has 132 valence electrons. The lowest BCUT2D eigenvalue weighted by Crippen LogP contribution is -2.46. The minimum atomic E-state index is -0.208. The van der Waals surface area contributed by atoms with Gasteiger partial charge in [0.15, 0.2) is 10.3 Å². The SMILES string of the molecule is Fc1ccc2nc(N3CCN(c4nc5ccc(Br)cc5s4)CC3)sc2c1. The van der Waals surface area contributed by atoms with Gasteiger partial charge in [0.25, 0.3) is 0 Å². The fraction of sp³-hybridized carbons (Fsp3) is 0.222. The summed E-state index contributed by atoms with van der Waals surface area (Å²) in [4.78, 5) is 14.0. The fourth-order valence-corrected chi connectivity index (χ4v) is 5.74. The number of hydrogen-bond acceptors (Lipinski definition) is 6. The van der Waals surface area contributed by atoms with Crippen LogP contribution in [-0.2, 0) is 0 Å². The third-order valence-electron chi connectivity index (χ3n) is 4.50. The van der Waals surface area contributed by atoms with Crippen LogP contribution >= 0.6 is 38.6 Å². The Balaban J connectivity index is 1.34. The first kappa shape index (κ1) is 16.4. The van der Waals surface area contributed by atoms with Gasteiger partial charge in [0.1, 0.15) is 5.82 Å². The van der Waals surface area contributed by atoms with Gasteiger partial charge in [0.2, 0.25) is 0 Å². The van der Waals surface area contributed by atoms with Crippen molar-refractivity contribution in [3.8, 4) is 0 Å². The van der Waals surface area contributed by atoms with Crippen LogP contribution < -0.4 is 9.80 Å². The number of hydrogen-bond donors (Lipinski definition) is 0. The van der Waals surface area contributed by atoms with Crippen LogP contribution in [-0.4, -0.2) is 36.1 Å². The van der Waals surface area contributed by atoms with Gasteiger partial charge in [-0.1, -0.05) is 38.6 Å². The molecule has 1 aliphatic rings. The van der Waals surface area contributed by atoms with Crippen molar-refractivity contribution in [3.63, 3.8) is 0 Å². The van der Waals surface area contributed by atoms with Gasteiger partial charge in [-0.25, -0.2) is 14.4 Å². The first-order valence-electron chi connectivity index (χ1n) is 8.28. The average molecular weight is 449 g/mol. The van der Waals surface area contributed by atoms with Crippen molar-refractivity contribution in [2.75, 3.05) is 36.0 Å². The second-order valence-electron chi connectivity index (χ2n) is 6.19. The van der Waals surface area contributed by atoms with E-state index < -0.39 is 0 Å². The number of benzene rings is 2. The molecule has 0 atom stereocenters. The molecule has 2 aromatic heterocycles. The minimum Gasteiger partial charge on any atom is -0.345 e. The maximum Gasteiger partial charge on any atom is 0.186 e. The summed E-state index contributed by atoms with van der Waals surface area (Å²) in [5.74, 6) is -0.208. The van der Waals surface area contributed by atoms with E-state index in [1.807, 2.05) is 6.07 Å². The second kappa shape index (κ2) is 6.44. The predicted molar refractivity (Wildman–Crippen MR) is 111 cm³/mol. The van der Waals surface area contributed by atoms with E-state index >= 15 is 0 Å². The van der Waals surface area contributed by atoms with Crippen molar-refractivity contribution in [1.29, 1.82) is 0 Å². The molecule has 0 bridgehead atoms. The Morgan fingerprint density at radius 3 is 1.96 bits per heavy atom. The summed E-state index contributed by atoms with van der Waals surface area (Å²) in [5.41, 5.74) is 1.91. The van der Waals surface area contributed by atoms with E-state index in [-0.39, 0.29) is 5.82 Å². The quantitative estimate of drug-likeness (QED) is 0.425. The lowest BCUT2D eigenvalue weighted by Gasteiger charge is -2.34. The van der Waals surface area contributed by atoms with Crippen LogP contribution in [0.5, 0.6) is 0 Å². The lowest BCUT2D eigenvalue weighted by atomic mass is 10.3. The molecule has 0 aliphatic carbocycles. The van der Waals surface area contributed by atoms with Crippen LogP contribution in [0.2, 0.25) is 0 Å². The molecular formula is C18H14BrFN4S2. The maximum absolute atomic E-state index is 13.4. The predicted octanol–water partition coefficient (Wildman–Crippen LogP) is 5.13. The number of aromatic nitrogens is 2. The van der Waals surface area contributed by atoms with E-state index in [9.17, 15) is 4.39 Å². The van der Waals surface area contributed by atoms with E-state index in [1.54, 1.807) is 34.8 Å². The third-order valence-corrected chi connectivity index (χ3v) is 7.15. The molecule has 26 heavy (non-hydrogen) atoms. The zero-order valence-corrected chi connectivity index (χ0v) is 16.9.